The molecule has 188 valence electrons. The monoisotopic (exact) mass is 484 g/mol. The fourth-order valence-corrected chi connectivity index (χ4v) is 3.49. The number of ether oxygens (including phenoxy) is 3. The molecule has 0 saturated carbocycles. The first-order valence-corrected chi connectivity index (χ1v) is 11.1. The molecule has 6 nitrogen and oxygen atoms in total. The normalized spacial score (nSPS) is 21.1. The van der Waals surface area contributed by atoms with Gasteiger partial charge in [0.25, 0.3) is 0 Å². The van der Waals surface area contributed by atoms with Crippen molar-refractivity contribution in [3.05, 3.63) is 53.6 Å². The summed E-state index contributed by atoms with van der Waals surface area (Å²) in [4.78, 5) is 11.5. The number of carbonyl (C=O) groups is 1. The molecule has 0 spiro atoms. The molecule has 2 N–H and O–H groups in total. The summed E-state index contributed by atoms with van der Waals surface area (Å²) >= 11 is 5.92. The van der Waals surface area contributed by atoms with E-state index in [0.717, 1.165) is 12.8 Å². The van der Waals surface area contributed by atoms with Gasteiger partial charge in [0.2, 0.25) is 0 Å². The molecule has 7 heteroatoms. The first-order chi connectivity index (χ1) is 14.8. The van der Waals surface area contributed by atoms with E-state index in [1.54, 1.807) is 36.4 Å². The topological polar surface area (TPSA) is 85.2 Å². The number of carbonyl (C=O) groups excluding carboxylic acids is 1. The van der Waals surface area contributed by atoms with Crippen molar-refractivity contribution in [2.75, 3.05) is 13.2 Å². The van der Waals surface area contributed by atoms with Crippen LogP contribution in [0.4, 0.5) is 0 Å². The van der Waals surface area contributed by atoms with Gasteiger partial charge in [-0.2, -0.15) is 0 Å². The van der Waals surface area contributed by atoms with E-state index in [-0.39, 0.29) is 52.2 Å². The Morgan fingerprint density at radius 1 is 1.27 bits per heavy atom. The summed E-state index contributed by atoms with van der Waals surface area (Å²) in [5, 5.41) is 20.9. The maximum atomic E-state index is 11.5. The van der Waals surface area contributed by atoms with Gasteiger partial charge in [-0.05, 0) is 51.3 Å². The standard InChI is InChI=1S/C24H33ClO6.2CH4/c1-17(2)31-24(28)11-6-4-3-5-10-21-22(27)16-30-23(21)13-12-19(26)15-29-20-9-7-8-18(25)14-20;;/h3-4,7-9,12-14,17,19,21-23,26-27H,5-6,10-11,15-16H2,1-2H3;2*1H4/b4-3-,13-12+;;/t19?,21?,22?,23-;;/m1../s1. The molecule has 0 aliphatic carbocycles. The smallest absolute Gasteiger partial charge is 0.306 e. The van der Waals surface area contributed by atoms with Gasteiger partial charge in [0, 0.05) is 17.4 Å². The molecule has 1 fully saturated rings. The minimum Gasteiger partial charge on any atom is -0.491 e. The van der Waals surface area contributed by atoms with Gasteiger partial charge in [0.05, 0.1) is 24.9 Å². The van der Waals surface area contributed by atoms with E-state index in [2.05, 4.69) is 0 Å². The van der Waals surface area contributed by atoms with E-state index in [1.165, 1.54) is 0 Å². The zero-order valence-electron chi connectivity index (χ0n) is 18.2. The SMILES string of the molecule is C.C.CC(C)OC(=O)CC/C=C\CCC1C(O)CO[C@@H]1/C=C/C(O)COc1cccc(Cl)c1. The molecule has 1 heterocycles. The molecule has 1 aliphatic rings. The van der Waals surface area contributed by atoms with Gasteiger partial charge >= 0.3 is 5.97 Å². The van der Waals surface area contributed by atoms with Gasteiger partial charge in [-0.25, -0.2) is 0 Å². The molecule has 4 atom stereocenters. The Balaban J connectivity index is 0.00000512. The van der Waals surface area contributed by atoms with Gasteiger partial charge < -0.3 is 24.4 Å². The van der Waals surface area contributed by atoms with Crippen LogP contribution in [0, 0.1) is 5.92 Å². The van der Waals surface area contributed by atoms with Gasteiger partial charge in [-0.1, -0.05) is 56.8 Å². The average Bonchev–Trinajstić information content (AvgIpc) is 3.06. The Morgan fingerprint density at radius 2 is 2.00 bits per heavy atom. The number of aliphatic hydroxyl groups excluding tert-OH is 2. The zero-order valence-corrected chi connectivity index (χ0v) is 18.9. The predicted octanol–water partition coefficient (Wildman–Crippen LogP) is 5.35. The third-order valence-electron chi connectivity index (χ3n) is 4.83. The second kappa shape index (κ2) is 16.7. The van der Waals surface area contributed by atoms with Crippen LogP contribution in [-0.2, 0) is 14.3 Å². The minimum atomic E-state index is -0.800. The highest BCUT2D eigenvalue weighted by molar-refractivity contribution is 6.30. The highest BCUT2D eigenvalue weighted by Gasteiger charge is 2.33. The number of hydrogen-bond donors (Lipinski definition) is 2. The lowest BCUT2D eigenvalue weighted by atomic mass is 9.93. The second-order valence-corrected chi connectivity index (χ2v) is 8.31. The number of rotatable bonds is 12. The van der Waals surface area contributed by atoms with Crippen molar-refractivity contribution in [3.8, 4) is 5.75 Å². The van der Waals surface area contributed by atoms with Crippen molar-refractivity contribution in [1.29, 1.82) is 0 Å². The van der Waals surface area contributed by atoms with Crippen LogP contribution < -0.4 is 4.74 Å². The van der Waals surface area contributed by atoms with Gasteiger partial charge in [-0.3, -0.25) is 4.79 Å². The molecule has 1 saturated heterocycles. The Morgan fingerprint density at radius 3 is 2.70 bits per heavy atom. The number of hydrogen-bond acceptors (Lipinski definition) is 6. The summed E-state index contributed by atoms with van der Waals surface area (Å²) in [6.07, 6.45) is 8.24. The summed E-state index contributed by atoms with van der Waals surface area (Å²) in [6, 6.07) is 6.99. The molecule has 2 rings (SSSR count). The van der Waals surface area contributed by atoms with Crippen LogP contribution >= 0.6 is 11.6 Å². The van der Waals surface area contributed by atoms with E-state index in [0.29, 0.717) is 23.6 Å². The Hall–Kier alpha value is -1.86. The number of aliphatic hydroxyl groups is 2. The number of halogens is 1. The van der Waals surface area contributed by atoms with Gasteiger partial charge in [0.1, 0.15) is 18.5 Å². The van der Waals surface area contributed by atoms with Gasteiger partial charge in [-0.15, -0.1) is 0 Å². The Kier molecular flexibility index (Phi) is 15.8. The summed E-state index contributed by atoms with van der Waals surface area (Å²) in [6.45, 7) is 4.04. The third kappa shape index (κ3) is 12.2. The summed E-state index contributed by atoms with van der Waals surface area (Å²) in [7, 11) is 0. The predicted molar refractivity (Wildman–Crippen MR) is 134 cm³/mol. The summed E-state index contributed by atoms with van der Waals surface area (Å²) in [5.74, 6) is 0.352. The third-order valence-corrected chi connectivity index (χ3v) is 5.07. The highest BCUT2D eigenvalue weighted by atomic mass is 35.5. The Bertz CT molecular complexity index is 733. The molecular formula is C26H41ClO6. The van der Waals surface area contributed by atoms with Crippen LogP contribution in [0.1, 0.15) is 54.4 Å². The second-order valence-electron chi connectivity index (χ2n) is 7.88. The molecule has 1 aromatic carbocycles. The zero-order chi connectivity index (χ0) is 22.6. The van der Waals surface area contributed by atoms with Crippen molar-refractivity contribution in [2.45, 2.75) is 78.8 Å². The molecule has 1 aromatic rings. The fraction of sp³-hybridized carbons (Fsp3) is 0.577. The number of esters is 1. The molecule has 0 radical (unpaired) electrons. The molecule has 0 amide bonds. The molecule has 0 bridgehead atoms. The Labute approximate surface area is 204 Å². The maximum Gasteiger partial charge on any atom is 0.306 e. The van der Waals surface area contributed by atoms with Crippen molar-refractivity contribution < 1.29 is 29.2 Å². The highest BCUT2D eigenvalue weighted by Crippen LogP contribution is 2.27. The first kappa shape index (κ1) is 31.1. The molecule has 33 heavy (non-hydrogen) atoms. The quantitative estimate of drug-likeness (QED) is 0.307. The van der Waals surface area contributed by atoms with E-state index in [1.807, 2.05) is 26.0 Å². The van der Waals surface area contributed by atoms with Crippen LogP contribution in [0.15, 0.2) is 48.6 Å². The summed E-state index contributed by atoms with van der Waals surface area (Å²) < 4.78 is 16.3. The van der Waals surface area contributed by atoms with Crippen LogP contribution in [0.5, 0.6) is 5.75 Å². The lowest BCUT2D eigenvalue weighted by molar-refractivity contribution is -0.147. The van der Waals surface area contributed by atoms with E-state index < -0.39 is 12.2 Å². The molecule has 0 aromatic heterocycles. The molecule has 1 aliphatic heterocycles. The first-order valence-electron chi connectivity index (χ1n) is 10.7. The van der Waals surface area contributed by atoms with E-state index in [9.17, 15) is 15.0 Å². The number of benzene rings is 1. The van der Waals surface area contributed by atoms with Crippen LogP contribution in [-0.4, -0.2) is 53.8 Å². The largest absolute Gasteiger partial charge is 0.491 e. The number of allylic oxidation sites excluding steroid dienone is 2. The van der Waals surface area contributed by atoms with Crippen LogP contribution in [0.2, 0.25) is 5.02 Å². The van der Waals surface area contributed by atoms with Gasteiger partial charge in [0.15, 0.2) is 0 Å². The lowest BCUT2D eigenvalue weighted by Gasteiger charge is -2.17. The molecule has 3 unspecified atom stereocenters. The minimum absolute atomic E-state index is 0. The van der Waals surface area contributed by atoms with Crippen molar-refractivity contribution in [2.24, 2.45) is 5.92 Å². The summed E-state index contributed by atoms with van der Waals surface area (Å²) in [5.41, 5.74) is 0. The fourth-order valence-electron chi connectivity index (χ4n) is 3.31. The van der Waals surface area contributed by atoms with Crippen LogP contribution in [0.25, 0.3) is 0 Å². The van der Waals surface area contributed by atoms with E-state index >= 15 is 0 Å². The van der Waals surface area contributed by atoms with Crippen molar-refractivity contribution in [1.82, 2.24) is 0 Å². The average molecular weight is 485 g/mol. The van der Waals surface area contributed by atoms with Crippen LogP contribution in [0.3, 0.4) is 0 Å². The molecular weight excluding hydrogens is 444 g/mol. The maximum absolute atomic E-state index is 11.5. The van der Waals surface area contributed by atoms with Crippen molar-refractivity contribution in [3.63, 3.8) is 0 Å². The van der Waals surface area contributed by atoms with Crippen molar-refractivity contribution >= 4 is 17.6 Å². The lowest BCUT2D eigenvalue weighted by Crippen LogP contribution is -2.23. The van der Waals surface area contributed by atoms with E-state index in [4.69, 9.17) is 25.8 Å².